The van der Waals surface area contributed by atoms with Crippen molar-refractivity contribution >= 4 is 11.9 Å². The van der Waals surface area contributed by atoms with Crippen LogP contribution in [-0.2, 0) is 9.53 Å². The van der Waals surface area contributed by atoms with E-state index in [1.165, 1.54) is 0 Å². The van der Waals surface area contributed by atoms with Gasteiger partial charge in [0.15, 0.2) is 0 Å². The Labute approximate surface area is 126 Å². The molecule has 0 aliphatic carbocycles. The number of hydrogen-bond donors (Lipinski definition) is 1. The quantitative estimate of drug-likeness (QED) is 0.769. The molecule has 0 saturated carbocycles. The Bertz CT molecular complexity index is 369. The van der Waals surface area contributed by atoms with Crippen molar-refractivity contribution in [3.8, 4) is 0 Å². The number of nitrogens with one attached hydrogen (secondary N) is 1. The molecule has 0 aromatic rings. The van der Waals surface area contributed by atoms with Gasteiger partial charge in [0.25, 0.3) is 0 Å². The minimum atomic E-state index is -0.136. The van der Waals surface area contributed by atoms with Crippen LogP contribution in [-0.4, -0.2) is 92.7 Å². The summed E-state index contributed by atoms with van der Waals surface area (Å²) >= 11 is 0. The first kappa shape index (κ1) is 16.0. The van der Waals surface area contributed by atoms with Crippen LogP contribution in [0.1, 0.15) is 12.8 Å². The molecular weight excluding hydrogens is 272 g/mol. The van der Waals surface area contributed by atoms with Crippen LogP contribution in [0.15, 0.2) is 0 Å². The molecule has 2 rings (SSSR count). The molecule has 3 amide bonds. The first-order chi connectivity index (χ1) is 10.1. The number of nitrogens with zero attached hydrogens (tertiary/aromatic N) is 3. The van der Waals surface area contributed by atoms with Crippen molar-refractivity contribution < 1.29 is 14.3 Å². The van der Waals surface area contributed by atoms with E-state index >= 15 is 0 Å². The van der Waals surface area contributed by atoms with Crippen LogP contribution < -0.4 is 5.32 Å². The molecule has 0 bridgehead atoms. The molecule has 2 saturated heterocycles. The highest BCUT2D eigenvalue weighted by Crippen LogP contribution is 2.13. The highest BCUT2D eigenvalue weighted by atomic mass is 16.5. The summed E-state index contributed by atoms with van der Waals surface area (Å²) in [5.74, 6) is -0.0344. The third-order valence-electron chi connectivity index (χ3n) is 4.17. The van der Waals surface area contributed by atoms with Gasteiger partial charge in [-0.15, -0.1) is 0 Å². The highest BCUT2D eigenvalue weighted by Gasteiger charge is 2.25. The number of amides is 3. The Balaban J connectivity index is 1.74. The maximum atomic E-state index is 12.2. The number of hydrogen-bond acceptors (Lipinski definition) is 4. The van der Waals surface area contributed by atoms with Gasteiger partial charge in [-0.25, -0.2) is 4.79 Å². The van der Waals surface area contributed by atoms with Crippen molar-refractivity contribution in [2.24, 2.45) is 0 Å². The number of piperidine rings is 1. The van der Waals surface area contributed by atoms with Crippen LogP contribution >= 0.6 is 0 Å². The van der Waals surface area contributed by atoms with Gasteiger partial charge in [0, 0.05) is 32.2 Å². The van der Waals surface area contributed by atoms with Crippen molar-refractivity contribution in [2.45, 2.75) is 18.9 Å². The topological polar surface area (TPSA) is 65.1 Å². The molecular formula is C14H26N4O3. The van der Waals surface area contributed by atoms with E-state index in [2.05, 4.69) is 10.2 Å². The van der Waals surface area contributed by atoms with Gasteiger partial charge in [0.1, 0.15) is 0 Å². The summed E-state index contributed by atoms with van der Waals surface area (Å²) in [6, 6.07) is 0.266. The van der Waals surface area contributed by atoms with Crippen molar-refractivity contribution in [2.75, 3.05) is 60.0 Å². The second-order valence-corrected chi connectivity index (χ2v) is 5.86. The van der Waals surface area contributed by atoms with E-state index in [4.69, 9.17) is 4.74 Å². The van der Waals surface area contributed by atoms with E-state index < -0.39 is 0 Å². The normalized spacial score (nSPS) is 23.3. The molecule has 0 aromatic heterocycles. The van der Waals surface area contributed by atoms with Gasteiger partial charge in [-0.2, -0.15) is 0 Å². The molecule has 120 valence electrons. The minimum Gasteiger partial charge on any atom is -0.378 e. The Hall–Kier alpha value is -1.34. The van der Waals surface area contributed by atoms with Gasteiger partial charge in [-0.05, 0) is 26.9 Å². The maximum absolute atomic E-state index is 12.2. The third-order valence-corrected chi connectivity index (χ3v) is 4.17. The number of ether oxygens (including phenoxy) is 1. The Morgan fingerprint density at radius 1 is 1.19 bits per heavy atom. The van der Waals surface area contributed by atoms with Crippen molar-refractivity contribution in [1.82, 2.24) is 20.0 Å². The zero-order valence-electron chi connectivity index (χ0n) is 13.0. The Morgan fingerprint density at radius 2 is 1.90 bits per heavy atom. The SMILES string of the molecule is CN(C)C1CCCN(C(=O)NCC(=O)N2CCOCC2)C1. The summed E-state index contributed by atoms with van der Waals surface area (Å²) in [5, 5.41) is 2.75. The number of rotatable bonds is 3. The second kappa shape index (κ2) is 7.61. The third kappa shape index (κ3) is 4.57. The van der Waals surface area contributed by atoms with Crippen molar-refractivity contribution in [3.05, 3.63) is 0 Å². The van der Waals surface area contributed by atoms with Gasteiger partial charge in [-0.1, -0.05) is 0 Å². The number of carbonyl (C=O) groups is 2. The Morgan fingerprint density at radius 3 is 2.57 bits per heavy atom. The molecule has 7 nitrogen and oxygen atoms in total. The van der Waals surface area contributed by atoms with E-state index in [9.17, 15) is 9.59 Å². The molecule has 2 fully saturated rings. The van der Waals surface area contributed by atoms with Crippen LogP contribution in [0, 0.1) is 0 Å². The molecule has 2 heterocycles. The van der Waals surface area contributed by atoms with Crippen molar-refractivity contribution in [1.29, 1.82) is 0 Å². The number of urea groups is 1. The van der Waals surface area contributed by atoms with E-state index in [0.29, 0.717) is 32.3 Å². The predicted octanol–water partition coefficient (Wildman–Crippen LogP) is -0.419. The molecule has 0 radical (unpaired) electrons. The van der Waals surface area contributed by atoms with E-state index in [-0.39, 0.29) is 18.5 Å². The standard InChI is InChI=1S/C14H26N4O3/c1-16(2)12-4-3-5-18(11-12)14(20)15-10-13(19)17-6-8-21-9-7-17/h12H,3-11H2,1-2H3,(H,15,20). The molecule has 0 aromatic carbocycles. The predicted molar refractivity (Wildman–Crippen MR) is 79.1 cm³/mol. The lowest BCUT2D eigenvalue weighted by Crippen LogP contribution is -2.52. The lowest BCUT2D eigenvalue weighted by Gasteiger charge is -2.36. The zero-order chi connectivity index (χ0) is 15.2. The van der Waals surface area contributed by atoms with Gasteiger partial charge in [0.2, 0.25) is 5.91 Å². The largest absolute Gasteiger partial charge is 0.378 e. The lowest BCUT2D eigenvalue weighted by atomic mass is 10.1. The van der Waals surface area contributed by atoms with Crippen LogP contribution in [0.3, 0.4) is 0 Å². The van der Waals surface area contributed by atoms with Gasteiger partial charge >= 0.3 is 6.03 Å². The zero-order valence-corrected chi connectivity index (χ0v) is 13.0. The van der Waals surface area contributed by atoms with E-state index in [1.807, 2.05) is 14.1 Å². The van der Waals surface area contributed by atoms with Crippen LogP contribution in [0.25, 0.3) is 0 Å². The number of carbonyl (C=O) groups excluding carboxylic acids is 2. The average molecular weight is 298 g/mol. The van der Waals surface area contributed by atoms with Gasteiger partial charge in [-0.3, -0.25) is 4.79 Å². The highest BCUT2D eigenvalue weighted by molar-refractivity contribution is 5.84. The summed E-state index contributed by atoms with van der Waals surface area (Å²) in [5.41, 5.74) is 0. The summed E-state index contributed by atoms with van der Waals surface area (Å²) in [6.07, 6.45) is 2.12. The fraction of sp³-hybridized carbons (Fsp3) is 0.857. The molecule has 0 spiro atoms. The van der Waals surface area contributed by atoms with Crippen LogP contribution in [0.2, 0.25) is 0 Å². The molecule has 2 aliphatic rings. The van der Waals surface area contributed by atoms with Crippen LogP contribution in [0.4, 0.5) is 4.79 Å². The first-order valence-electron chi connectivity index (χ1n) is 7.62. The van der Waals surface area contributed by atoms with Gasteiger partial charge in [0.05, 0.1) is 19.8 Å². The van der Waals surface area contributed by atoms with E-state index in [0.717, 1.165) is 25.9 Å². The summed E-state index contributed by atoms with van der Waals surface area (Å²) < 4.78 is 5.21. The smallest absolute Gasteiger partial charge is 0.317 e. The molecule has 1 unspecified atom stereocenters. The first-order valence-corrected chi connectivity index (χ1v) is 7.62. The molecule has 1 N–H and O–H groups in total. The fourth-order valence-corrected chi connectivity index (χ4v) is 2.75. The Kier molecular flexibility index (Phi) is 5.81. The number of morpholine rings is 1. The monoisotopic (exact) mass is 298 g/mol. The average Bonchev–Trinajstić information content (AvgIpc) is 2.53. The molecule has 1 atom stereocenters. The van der Waals surface area contributed by atoms with E-state index in [1.54, 1.807) is 9.80 Å². The molecule has 2 aliphatic heterocycles. The summed E-state index contributed by atoms with van der Waals surface area (Å²) in [7, 11) is 4.07. The maximum Gasteiger partial charge on any atom is 0.317 e. The summed E-state index contributed by atoms with van der Waals surface area (Å²) in [6.45, 7) is 3.95. The molecule has 7 heteroatoms. The number of likely N-dealkylation sites (tertiary alicyclic amines) is 1. The summed E-state index contributed by atoms with van der Waals surface area (Å²) in [4.78, 5) is 29.8. The van der Waals surface area contributed by atoms with Gasteiger partial charge < -0.3 is 24.8 Å². The number of likely N-dealkylation sites (N-methyl/N-ethyl adjacent to an activating group) is 1. The molecule has 21 heavy (non-hydrogen) atoms. The van der Waals surface area contributed by atoms with Crippen LogP contribution in [0.5, 0.6) is 0 Å². The minimum absolute atomic E-state index is 0.0344. The van der Waals surface area contributed by atoms with Crippen molar-refractivity contribution in [3.63, 3.8) is 0 Å². The fourth-order valence-electron chi connectivity index (χ4n) is 2.75. The lowest BCUT2D eigenvalue weighted by molar-refractivity contribution is -0.134. The second-order valence-electron chi connectivity index (χ2n) is 5.86.